The van der Waals surface area contributed by atoms with E-state index in [1.54, 1.807) is 37.6 Å². The summed E-state index contributed by atoms with van der Waals surface area (Å²) in [5.74, 6) is 0.198. The number of carbonyl (C=O) groups is 1. The molecule has 0 N–H and O–H groups in total. The molecule has 1 aromatic rings. The summed E-state index contributed by atoms with van der Waals surface area (Å²) in [7, 11) is 2.92. The number of hydrogen-bond acceptors (Lipinski definition) is 5. The smallest absolute Gasteiger partial charge is 0.341 e. The van der Waals surface area contributed by atoms with Gasteiger partial charge >= 0.3 is 5.97 Å². The molecule has 3 aliphatic rings. The van der Waals surface area contributed by atoms with Crippen molar-refractivity contribution in [3.05, 3.63) is 52.6 Å². The topological polar surface area (TPSA) is 75.3 Å². The Labute approximate surface area is 156 Å². The van der Waals surface area contributed by atoms with Gasteiger partial charge in [-0.05, 0) is 37.1 Å². The van der Waals surface area contributed by atoms with E-state index in [0.29, 0.717) is 34.3 Å². The van der Waals surface area contributed by atoms with Crippen molar-refractivity contribution >= 4 is 5.97 Å². The van der Waals surface area contributed by atoms with Crippen LogP contribution in [0.25, 0.3) is 16.9 Å². The van der Waals surface area contributed by atoms with Gasteiger partial charge < -0.3 is 14.0 Å². The molecule has 7 heteroatoms. The van der Waals surface area contributed by atoms with Gasteiger partial charge in [-0.25, -0.2) is 4.79 Å². The number of nitrogens with zero attached hydrogens (tertiary/aromatic N) is 3. The Morgan fingerprint density at radius 1 is 1.11 bits per heavy atom. The fourth-order valence-corrected chi connectivity index (χ4v) is 3.70. The third-order valence-electron chi connectivity index (χ3n) is 5.16. The molecule has 0 saturated heterocycles. The quantitative estimate of drug-likeness (QED) is 0.663. The molecule has 0 unspecified atom stereocenters. The van der Waals surface area contributed by atoms with Gasteiger partial charge in [-0.1, -0.05) is 12.8 Å². The number of fused-ring (bicyclic) bond motifs is 1. The summed E-state index contributed by atoms with van der Waals surface area (Å²) >= 11 is 0. The molecule has 2 heterocycles. The van der Waals surface area contributed by atoms with Crippen molar-refractivity contribution in [2.75, 3.05) is 14.2 Å². The lowest BCUT2D eigenvalue weighted by atomic mass is 10.1. The third kappa shape index (κ3) is 2.99. The van der Waals surface area contributed by atoms with Crippen molar-refractivity contribution < 1.29 is 14.3 Å². The number of aromatic nitrogens is 3. The molecule has 1 saturated carbocycles. The van der Waals surface area contributed by atoms with Crippen LogP contribution in [0.1, 0.15) is 42.1 Å². The van der Waals surface area contributed by atoms with Crippen LogP contribution in [0, 0.1) is 0 Å². The van der Waals surface area contributed by atoms with E-state index in [9.17, 15) is 9.59 Å². The Hall–Kier alpha value is -3.09. The predicted octanol–water partition coefficient (Wildman–Crippen LogP) is 3.05. The van der Waals surface area contributed by atoms with Gasteiger partial charge in [0.1, 0.15) is 17.0 Å². The van der Waals surface area contributed by atoms with Gasteiger partial charge in [0.2, 0.25) is 0 Å². The zero-order valence-electron chi connectivity index (χ0n) is 15.3. The molecule has 1 fully saturated rings. The van der Waals surface area contributed by atoms with Crippen molar-refractivity contribution in [3.63, 3.8) is 0 Å². The van der Waals surface area contributed by atoms with E-state index >= 15 is 0 Å². The minimum absolute atomic E-state index is 0.257. The fraction of sp³-hybridized carbons (Fsp3) is 0.350. The average Bonchev–Trinajstić information content (AvgIpc) is 3.35. The number of esters is 1. The standard InChI is InChI=1S/C20H21N3O4/c1-26-15-9-7-14(8-10-15)23-19(24)16-11-22(13-5-3-4-6-13)12-17(18(16)21-23)20(25)27-2/h7-13H,3-6H2,1-2H3. The van der Waals surface area contributed by atoms with Crippen molar-refractivity contribution in [3.8, 4) is 22.7 Å². The van der Waals surface area contributed by atoms with E-state index in [2.05, 4.69) is 5.10 Å². The zero-order chi connectivity index (χ0) is 19.0. The van der Waals surface area contributed by atoms with Gasteiger partial charge in [0.15, 0.2) is 0 Å². The Bertz CT molecular complexity index is 997. The molecule has 0 spiro atoms. The van der Waals surface area contributed by atoms with Gasteiger partial charge in [0, 0.05) is 18.4 Å². The number of rotatable bonds is 4. The molecule has 0 aromatic heterocycles. The zero-order valence-corrected chi connectivity index (χ0v) is 15.3. The molecule has 2 aliphatic heterocycles. The molecule has 1 aromatic carbocycles. The largest absolute Gasteiger partial charge is 0.497 e. The first-order valence-corrected chi connectivity index (χ1v) is 8.99. The monoisotopic (exact) mass is 367 g/mol. The van der Waals surface area contributed by atoms with Crippen LogP contribution < -0.4 is 10.3 Å². The van der Waals surface area contributed by atoms with Crippen molar-refractivity contribution in [1.29, 1.82) is 0 Å². The highest BCUT2D eigenvalue weighted by Gasteiger charge is 2.27. The number of hydrogen-bond donors (Lipinski definition) is 0. The van der Waals surface area contributed by atoms with Crippen LogP contribution in [-0.4, -0.2) is 34.5 Å². The molecule has 0 bridgehead atoms. The van der Waals surface area contributed by atoms with Gasteiger partial charge in [-0.2, -0.15) is 9.78 Å². The van der Waals surface area contributed by atoms with Crippen LogP contribution in [0.5, 0.6) is 5.75 Å². The lowest BCUT2D eigenvalue weighted by Gasteiger charge is -2.17. The second-order valence-corrected chi connectivity index (χ2v) is 6.73. The van der Waals surface area contributed by atoms with E-state index in [1.165, 1.54) is 11.8 Å². The highest BCUT2D eigenvalue weighted by molar-refractivity contribution is 5.96. The van der Waals surface area contributed by atoms with Crippen molar-refractivity contribution in [2.24, 2.45) is 0 Å². The number of pyridine rings is 1. The molecule has 140 valence electrons. The minimum Gasteiger partial charge on any atom is -0.497 e. The van der Waals surface area contributed by atoms with E-state index in [0.717, 1.165) is 25.7 Å². The number of ether oxygens (including phenoxy) is 2. The first kappa shape index (κ1) is 17.3. The molecule has 7 nitrogen and oxygen atoms in total. The van der Waals surface area contributed by atoms with Gasteiger partial charge in [0.05, 0.1) is 25.5 Å². The second kappa shape index (κ2) is 6.90. The Morgan fingerprint density at radius 2 is 1.81 bits per heavy atom. The Balaban J connectivity index is 1.89. The first-order valence-electron chi connectivity index (χ1n) is 8.99. The lowest BCUT2D eigenvalue weighted by Crippen LogP contribution is -2.16. The summed E-state index contributed by atoms with van der Waals surface area (Å²) in [6.07, 6.45) is 7.95. The normalized spacial score (nSPS) is 14.6. The Kier molecular flexibility index (Phi) is 4.43. The molecule has 0 amide bonds. The third-order valence-corrected chi connectivity index (χ3v) is 5.16. The predicted molar refractivity (Wildman–Crippen MR) is 99.8 cm³/mol. The SMILES string of the molecule is COC(=O)c1cn(C2CCCC2)cc2c(=O)n(-c3ccc(OC)cc3)nc1-2. The van der Waals surface area contributed by atoms with E-state index in [-0.39, 0.29) is 5.56 Å². The molecular formula is C20H21N3O4. The van der Waals surface area contributed by atoms with Crippen LogP contribution in [0.2, 0.25) is 0 Å². The van der Waals surface area contributed by atoms with Crippen LogP contribution in [-0.2, 0) is 4.74 Å². The molecule has 0 radical (unpaired) electrons. The first-order chi connectivity index (χ1) is 13.1. The summed E-state index contributed by atoms with van der Waals surface area (Å²) in [6.45, 7) is 0. The van der Waals surface area contributed by atoms with Crippen molar-refractivity contribution in [2.45, 2.75) is 31.7 Å². The minimum atomic E-state index is -0.494. The number of benzene rings is 1. The molecule has 0 atom stereocenters. The van der Waals surface area contributed by atoms with Crippen LogP contribution in [0.15, 0.2) is 41.5 Å². The van der Waals surface area contributed by atoms with Gasteiger partial charge in [0.25, 0.3) is 5.56 Å². The van der Waals surface area contributed by atoms with Crippen LogP contribution in [0.4, 0.5) is 0 Å². The lowest BCUT2D eigenvalue weighted by molar-refractivity contribution is 0.0600. The van der Waals surface area contributed by atoms with E-state index in [4.69, 9.17) is 9.47 Å². The molecule has 1 aliphatic carbocycles. The molecule has 27 heavy (non-hydrogen) atoms. The van der Waals surface area contributed by atoms with Crippen LogP contribution >= 0.6 is 0 Å². The summed E-state index contributed by atoms with van der Waals surface area (Å²) in [5, 5.41) is 4.42. The summed E-state index contributed by atoms with van der Waals surface area (Å²) in [6, 6.07) is 7.34. The summed E-state index contributed by atoms with van der Waals surface area (Å²) < 4.78 is 13.4. The highest BCUT2D eigenvalue weighted by Crippen LogP contribution is 2.32. The number of methoxy groups -OCH3 is 2. The fourth-order valence-electron chi connectivity index (χ4n) is 3.70. The number of carbonyl (C=O) groups excluding carboxylic acids is 1. The molecule has 4 rings (SSSR count). The maximum atomic E-state index is 13.0. The average molecular weight is 367 g/mol. The summed E-state index contributed by atoms with van der Waals surface area (Å²) in [5.41, 5.74) is 1.44. The maximum Gasteiger partial charge on any atom is 0.341 e. The van der Waals surface area contributed by atoms with E-state index in [1.807, 2.05) is 10.8 Å². The van der Waals surface area contributed by atoms with Crippen molar-refractivity contribution in [1.82, 2.24) is 14.3 Å². The van der Waals surface area contributed by atoms with E-state index < -0.39 is 5.97 Å². The Morgan fingerprint density at radius 3 is 2.44 bits per heavy atom. The highest BCUT2D eigenvalue weighted by atomic mass is 16.5. The summed E-state index contributed by atoms with van der Waals surface area (Å²) in [4.78, 5) is 25.3. The van der Waals surface area contributed by atoms with Crippen LogP contribution in [0.3, 0.4) is 0 Å². The van der Waals surface area contributed by atoms with Gasteiger partial charge in [-0.15, -0.1) is 0 Å². The maximum absolute atomic E-state index is 13.0. The molecular weight excluding hydrogens is 346 g/mol. The van der Waals surface area contributed by atoms with Gasteiger partial charge in [-0.3, -0.25) is 4.79 Å². The second-order valence-electron chi connectivity index (χ2n) is 6.73.